The molecule has 2 N–H and O–H groups in total. The van der Waals surface area contributed by atoms with E-state index in [1.54, 1.807) is 18.2 Å². The highest BCUT2D eigenvalue weighted by molar-refractivity contribution is 5.77. The molecule has 0 amide bonds. The molecule has 2 aromatic carbocycles. The van der Waals surface area contributed by atoms with Crippen molar-refractivity contribution >= 4 is 16.5 Å². The molecule has 27 heavy (non-hydrogen) atoms. The molecule has 5 nitrogen and oxygen atoms in total. The van der Waals surface area contributed by atoms with Crippen LogP contribution in [0.25, 0.3) is 16.5 Å². The Labute approximate surface area is 157 Å². The van der Waals surface area contributed by atoms with E-state index in [-0.39, 0.29) is 11.3 Å². The second-order valence-electron chi connectivity index (χ2n) is 6.65. The third kappa shape index (κ3) is 3.92. The van der Waals surface area contributed by atoms with E-state index >= 15 is 0 Å². The average Bonchev–Trinajstić information content (AvgIpc) is 2.69. The van der Waals surface area contributed by atoms with Gasteiger partial charge in [0.05, 0.1) is 10.9 Å². The standard InChI is InChI=1S/C22H21N3O2/c26-18-9-7-16(8-10-18)17-11-14-25(15-12-17)13-3-6-21-23-20-5-2-1-4-19(20)22(27)24-21/h1-2,4-5,7-12,14,26H,3,6,13,15H2,(H,23,24,27). The van der Waals surface area contributed by atoms with Crippen molar-refractivity contribution in [1.82, 2.24) is 14.9 Å². The highest BCUT2D eigenvalue weighted by Gasteiger charge is 2.08. The van der Waals surface area contributed by atoms with Crippen molar-refractivity contribution in [2.24, 2.45) is 0 Å². The zero-order chi connectivity index (χ0) is 18.6. The van der Waals surface area contributed by atoms with Gasteiger partial charge >= 0.3 is 0 Å². The molecule has 1 aliphatic rings. The number of aromatic amines is 1. The second-order valence-corrected chi connectivity index (χ2v) is 6.65. The van der Waals surface area contributed by atoms with Crippen LogP contribution < -0.4 is 5.56 Å². The van der Waals surface area contributed by atoms with Gasteiger partial charge in [-0.3, -0.25) is 4.79 Å². The van der Waals surface area contributed by atoms with Gasteiger partial charge in [-0.05, 0) is 54.1 Å². The highest BCUT2D eigenvalue weighted by Crippen LogP contribution is 2.21. The van der Waals surface area contributed by atoms with Crippen LogP contribution in [0, 0.1) is 0 Å². The quantitative estimate of drug-likeness (QED) is 0.732. The summed E-state index contributed by atoms with van der Waals surface area (Å²) in [4.78, 5) is 21.8. The number of aryl methyl sites for hydroxylation is 1. The van der Waals surface area contributed by atoms with Crippen molar-refractivity contribution < 1.29 is 5.11 Å². The van der Waals surface area contributed by atoms with Gasteiger partial charge in [0.1, 0.15) is 11.6 Å². The van der Waals surface area contributed by atoms with Crippen LogP contribution in [0.15, 0.2) is 71.7 Å². The van der Waals surface area contributed by atoms with Crippen LogP contribution in [0.5, 0.6) is 5.75 Å². The third-order valence-corrected chi connectivity index (χ3v) is 4.73. The number of H-pyrrole nitrogens is 1. The Hall–Kier alpha value is -3.34. The normalized spacial score (nSPS) is 13.8. The summed E-state index contributed by atoms with van der Waals surface area (Å²) in [5.74, 6) is 1.01. The summed E-state index contributed by atoms with van der Waals surface area (Å²) in [6, 6.07) is 14.7. The molecule has 136 valence electrons. The number of para-hydroxylation sites is 1. The SMILES string of the molecule is O=c1[nH]c(CCCN2C=CC(c3ccc(O)cc3)=CC2)nc2ccccc12. The number of aromatic nitrogens is 2. The van der Waals surface area contributed by atoms with Gasteiger partial charge in [0.15, 0.2) is 0 Å². The number of aromatic hydroxyl groups is 1. The fourth-order valence-electron chi connectivity index (χ4n) is 3.27. The van der Waals surface area contributed by atoms with Crippen molar-refractivity contribution in [3.8, 4) is 5.75 Å². The van der Waals surface area contributed by atoms with Crippen molar-refractivity contribution in [3.05, 3.63) is 88.6 Å². The smallest absolute Gasteiger partial charge is 0.258 e. The largest absolute Gasteiger partial charge is 0.508 e. The van der Waals surface area contributed by atoms with E-state index in [0.29, 0.717) is 5.39 Å². The van der Waals surface area contributed by atoms with Crippen LogP contribution in [-0.2, 0) is 6.42 Å². The number of phenols is 1. The zero-order valence-corrected chi connectivity index (χ0v) is 14.9. The monoisotopic (exact) mass is 359 g/mol. The molecule has 5 heteroatoms. The molecule has 0 saturated carbocycles. The number of rotatable bonds is 5. The van der Waals surface area contributed by atoms with Crippen LogP contribution in [0.4, 0.5) is 0 Å². The topological polar surface area (TPSA) is 69.2 Å². The van der Waals surface area contributed by atoms with Crippen LogP contribution in [-0.4, -0.2) is 33.1 Å². The molecule has 2 heterocycles. The maximum Gasteiger partial charge on any atom is 0.258 e. The average molecular weight is 359 g/mol. The molecule has 0 radical (unpaired) electrons. The molecule has 0 unspecified atom stereocenters. The highest BCUT2D eigenvalue weighted by atomic mass is 16.3. The summed E-state index contributed by atoms with van der Waals surface area (Å²) < 4.78 is 0. The fourth-order valence-corrected chi connectivity index (χ4v) is 3.27. The Morgan fingerprint density at radius 1 is 1.11 bits per heavy atom. The van der Waals surface area contributed by atoms with E-state index < -0.39 is 0 Å². The maximum absolute atomic E-state index is 12.1. The van der Waals surface area contributed by atoms with Gasteiger partial charge in [-0.25, -0.2) is 4.98 Å². The van der Waals surface area contributed by atoms with Crippen LogP contribution in [0.1, 0.15) is 17.8 Å². The van der Waals surface area contributed by atoms with Crippen LogP contribution >= 0.6 is 0 Å². The zero-order valence-electron chi connectivity index (χ0n) is 14.9. The second kappa shape index (κ2) is 7.50. The lowest BCUT2D eigenvalue weighted by atomic mass is 10.0. The van der Waals surface area contributed by atoms with E-state index in [2.05, 4.69) is 33.2 Å². The first-order valence-corrected chi connectivity index (χ1v) is 9.09. The lowest BCUT2D eigenvalue weighted by Crippen LogP contribution is -2.22. The molecule has 0 aliphatic carbocycles. The number of benzene rings is 2. The summed E-state index contributed by atoms with van der Waals surface area (Å²) >= 11 is 0. The summed E-state index contributed by atoms with van der Waals surface area (Å²) in [5.41, 5.74) is 2.93. The summed E-state index contributed by atoms with van der Waals surface area (Å²) in [6.45, 7) is 1.74. The predicted octanol–water partition coefficient (Wildman–Crippen LogP) is 3.47. The van der Waals surface area contributed by atoms with E-state index in [1.807, 2.05) is 30.3 Å². The van der Waals surface area contributed by atoms with E-state index in [4.69, 9.17) is 0 Å². The van der Waals surface area contributed by atoms with Gasteiger partial charge in [0.2, 0.25) is 0 Å². The third-order valence-electron chi connectivity index (χ3n) is 4.73. The summed E-state index contributed by atoms with van der Waals surface area (Å²) in [7, 11) is 0. The number of nitrogens with one attached hydrogen (secondary N) is 1. The first-order chi connectivity index (χ1) is 13.2. The minimum Gasteiger partial charge on any atom is -0.508 e. The number of nitrogens with zero attached hydrogens (tertiary/aromatic N) is 2. The molecule has 1 aliphatic heterocycles. The number of fused-ring (bicyclic) bond motifs is 1. The Morgan fingerprint density at radius 3 is 2.70 bits per heavy atom. The van der Waals surface area contributed by atoms with Gasteiger partial charge in [0, 0.05) is 19.5 Å². The number of allylic oxidation sites excluding steroid dienone is 2. The molecule has 0 saturated heterocycles. The lowest BCUT2D eigenvalue weighted by molar-refractivity contribution is 0.402. The minimum atomic E-state index is -0.0741. The Balaban J connectivity index is 1.34. The number of hydrogen-bond acceptors (Lipinski definition) is 4. The molecule has 0 atom stereocenters. The van der Waals surface area contributed by atoms with Gasteiger partial charge in [-0.15, -0.1) is 0 Å². The van der Waals surface area contributed by atoms with E-state index in [1.165, 1.54) is 0 Å². The molecular formula is C22H21N3O2. The molecular weight excluding hydrogens is 338 g/mol. The Morgan fingerprint density at radius 2 is 1.93 bits per heavy atom. The molecule has 3 aromatic rings. The first-order valence-electron chi connectivity index (χ1n) is 9.09. The molecule has 0 fully saturated rings. The van der Waals surface area contributed by atoms with E-state index in [0.717, 1.165) is 48.4 Å². The van der Waals surface area contributed by atoms with E-state index in [9.17, 15) is 9.90 Å². The number of hydrogen-bond donors (Lipinski definition) is 2. The van der Waals surface area contributed by atoms with Crippen molar-refractivity contribution in [2.75, 3.05) is 13.1 Å². The van der Waals surface area contributed by atoms with Gasteiger partial charge in [-0.2, -0.15) is 0 Å². The van der Waals surface area contributed by atoms with Crippen molar-refractivity contribution in [3.63, 3.8) is 0 Å². The summed E-state index contributed by atoms with van der Waals surface area (Å²) in [5, 5.41) is 10.0. The van der Waals surface area contributed by atoms with Crippen molar-refractivity contribution in [2.45, 2.75) is 12.8 Å². The van der Waals surface area contributed by atoms with Gasteiger partial charge in [-0.1, -0.05) is 30.3 Å². The minimum absolute atomic E-state index is 0.0741. The Kier molecular flexibility index (Phi) is 4.75. The molecule has 0 spiro atoms. The Bertz CT molecular complexity index is 1060. The molecule has 1 aromatic heterocycles. The predicted molar refractivity (Wildman–Crippen MR) is 107 cm³/mol. The van der Waals surface area contributed by atoms with Crippen LogP contribution in [0.3, 0.4) is 0 Å². The van der Waals surface area contributed by atoms with Gasteiger partial charge < -0.3 is 15.0 Å². The first kappa shape index (κ1) is 17.1. The molecule has 0 bridgehead atoms. The molecule has 4 rings (SSSR count). The van der Waals surface area contributed by atoms with Gasteiger partial charge in [0.25, 0.3) is 5.56 Å². The van der Waals surface area contributed by atoms with Crippen molar-refractivity contribution in [1.29, 1.82) is 0 Å². The summed E-state index contributed by atoms with van der Waals surface area (Å²) in [6.07, 6.45) is 8.01. The number of phenolic OH excluding ortho intramolecular Hbond substituents is 1. The van der Waals surface area contributed by atoms with Crippen LogP contribution in [0.2, 0.25) is 0 Å². The lowest BCUT2D eigenvalue weighted by Gasteiger charge is -2.22. The maximum atomic E-state index is 12.1. The fraction of sp³-hybridized carbons (Fsp3) is 0.182.